The van der Waals surface area contributed by atoms with Crippen LogP contribution in [0.1, 0.15) is 48.4 Å². The molecule has 1 aliphatic carbocycles. The van der Waals surface area contributed by atoms with Gasteiger partial charge in [0.15, 0.2) is 0 Å². The van der Waals surface area contributed by atoms with Gasteiger partial charge in [0.25, 0.3) is 0 Å². The first-order chi connectivity index (χ1) is 9.78. The Balaban J connectivity index is 1.71. The Morgan fingerprint density at radius 3 is 2.95 bits per heavy atom. The van der Waals surface area contributed by atoms with E-state index >= 15 is 0 Å². The van der Waals surface area contributed by atoms with Crippen molar-refractivity contribution in [2.45, 2.75) is 38.1 Å². The van der Waals surface area contributed by atoms with Crippen LogP contribution in [0.4, 0.5) is 0 Å². The molecule has 0 fully saturated rings. The van der Waals surface area contributed by atoms with E-state index in [-0.39, 0.29) is 0 Å². The lowest BCUT2D eigenvalue weighted by Crippen LogP contribution is -2.27. The fraction of sp³-hybridized carbons (Fsp3) is 0.412. The van der Waals surface area contributed by atoms with Crippen LogP contribution in [0, 0.1) is 0 Å². The first kappa shape index (κ1) is 14.3. The van der Waals surface area contributed by atoms with Gasteiger partial charge in [0.05, 0.1) is 3.79 Å². The molecule has 1 N–H and O–H groups in total. The van der Waals surface area contributed by atoms with E-state index in [0.717, 1.165) is 12.5 Å². The third kappa shape index (κ3) is 3.00. The predicted octanol–water partition coefficient (Wildman–Crippen LogP) is 5.28. The lowest BCUT2D eigenvalue weighted by Gasteiger charge is -2.33. The average molecular weight is 350 g/mol. The second-order valence-corrected chi connectivity index (χ2v) is 7.82. The molecule has 0 amide bonds. The van der Waals surface area contributed by atoms with Crippen molar-refractivity contribution in [3.8, 4) is 0 Å². The molecular formula is C17H20BrNS. The highest BCUT2D eigenvalue weighted by molar-refractivity contribution is 9.11. The summed E-state index contributed by atoms with van der Waals surface area (Å²) in [6.45, 7) is 3.32. The molecule has 20 heavy (non-hydrogen) atoms. The highest BCUT2D eigenvalue weighted by Crippen LogP contribution is 2.41. The van der Waals surface area contributed by atoms with Crippen LogP contribution in [-0.4, -0.2) is 6.54 Å². The van der Waals surface area contributed by atoms with Crippen LogP contribution in [0.3, 0.4) is 0 Å². The van der Waals surface area contributed by atoms with Crippen LogP contribution >= 0.6 is 27.3 Å². The number of thiophene rings is 1. The van der Waals surface area contributed by atoms with Crippen molar-refractivity contribution in [2.24, 2.45) is 0 Å². The molecule has 0 saturated carbocycles. The van der Waals surface area contributed by atoms with Crippen molar-refractivity contribution in [1.29, 1.82) is 0 Å². The van der Waals surface area contributed by atoms with Crippen LogP contribution in [-0.2, 0) is 6.42 Å². The minimum Gasteiger partial charge on any atom is -0.310 e. The average Bonchev–Trinajstić information content (AvgIpc) is 2.86. The maximum atomic E-state index is 3.71. The first-order valence-electron chi connectivity index (χ1n) is 7.33. The molecule has 2 aromatic rings. The Morgan fingerprint density at radius 2 is 2.25 bits per heavy atom. The molecule has 3 rings (SSSR count). The van der Waals surface area contributed by atoms with Gasteiger partial charge >= 0.3 is 0 Å². The second kappa shape index (κ2) is 6.42. The summed E-state index contributed by atoms with van der Waals surface area (Å²) in [6.07, 6.45) is 3.63. The van der Waals surface area contributed by atoms with Crippen LogP contribution in [0.2, 0.25) is 0 Å². The van der Waals surface area contributed by atoms with E-state index in [2.05, 4.69) is 63.9 Å². The van der Waals surface area contributed by atoms with Crippen molar-refractivity contribution in [2.75, 3.05) is 6.54 Å². The lowest BCUT2D eigenvalue weighted by atomic mass is 9.74. The highest BCUT2D eigenvalue weighted by atomic mass is 79.9. The Bertz CT molecular complexity index is 578. The van der Waals surface area contributed by atoms with Gasteiger partial charge < -0.3 is 5.32 Å². The van der Waals surface area contributed by atoms with Crippen molar-refractivity contribution in [3.05, 3.63) is 56.2 Å². The summed E-state index contributed by atoms with van der Waals surface area (Å²) >= 11 is 5.36. The molecule has 0 spiro atoms. The molecule has 3 heteroatoms. The Hall–Kier alpha value is -0.640. The van der Waals surface area contributed by atoms with Gasteiger partial charge in [-0.05, 0) is 75.8 Å². The van der Waals surface area contributed by atoms with E-state index in [1.54, 1.807) is 22.5 Å². The van der Waals surface area contributed by atoms with Crippen LogP contribution in [0.5, 0.6) is 0 Å². The van der Waals surface area contributed by atoms with Crippen LogP contribution in [0.15, 0.2) is 39.5 Å². The van der Waals surface area contributed by atoms with Gasteiger partial charge in [0.2, 0.25) is 0 Å². The maximum absolute atomic E-state index is 3.71. The van der Waals surface area contributed by atoms with Crippen molar-refractivity contribution in [3.63, 3.8) is 0 Å². The topological polar surface area (TPSA) is 12.0 Å². The Kier molecular flexibility index (Phi) is 4.59. The number of halogens is 1. The molecule has 106 valence electrons. The molecule has 0 bridgehead atoms. The molecule has 1 aliphatic rings. The van der Waals surface area contributed by atoms with Gasteiger partial charge in [0, 0.05) is 6.04 Å². The molecular weight excluding hydrogens is 330 g/mol. The molecule has 1 heterocycles. The van der Waals surface area contributed by atoms with E-state index in [1.165, 1.54) is 28.6 Å². The third-order valence-electron chi connectivity index (χ3n) is 4.11. The van der Waals surface area contributed by atoms with E-state index < -0.39 is 0 Å². The molecule has 2 unspecified atom stereocenters. The number of hydrogen-bond acceptors (Lipinski definition) is 2. The SMILES string of the molecule is CCCNC(CC1Cc2ccccc21)c1csc(Br)c1. The summed E-state index contributed by atoms with van der Waals surface area (Å²) in [7, 11) is 0. The van der Waals surface area contributed by atoms with E-state index in [9.17, 15) is 0 Å². The summed E-state index contributed by atoms with van der Waals surface area (Å²) < 4.78 is 1.23. The quantitative estimate of drug-likeness (QED) is 0.747. The minimum atomic E-state index is 0.482. The summed E-state index contributed by atoms with van der Waals surface area (Å²) in [6, 6.07) is 11.6. The normalized spacial score (nSPS) is 18.4. The predicted molar refractivity (Wildman–Crippen MR) is 90.6 cm³/mol. The van der Waals surface area contributed by atoms with Crippen molar-refractivity contribution < 1.29 is 0 Å². The zero-order valence-electron chi connectivity index (χ0n) is 11.7. The van der Waals surface area contributed by atoms with Gasteiger partial charge in [0.1, 0.15) is 0 Å². The van der Waals surface area contributed by atoms with Gasteiger partial charge in [-0.3, -0.25) is 0 Å². The third-order valence-corrected chi connectivity index (χ3v) is 5.63. The number of rotatable bonds is 6. The summed E-state index contributed by atoms with van der Waals surface area (Å²) in [4.78, 5) is 0. The fourth-order valence-electron chi connectivity index (χ4n) is 3.02. The Labute approximate surface area is 133 Å². The van der Waals surface area contributed by atoms with Crippen LogP contribution < -0.4 is 5.32 Å². The highest BCUT2D eigenvalue weighted by Gasteiger charge is 2.28. The molecule has 1 aromatic carbocycles. The van der Waals surface area contributed by atoms with Crippen LogP contribution in [0.25, 0.3) is 0 Å². The van der Waals surface area contributed by atoms with Gasteiger partial charge in [-0.25, -0.2) is 0 Å². The molecule has 1 aromatic heterocycles. The number of fused-ring (bicyclic) bond motifs is 1. The van der Waals surface area contributed by atoms with E-state index in [4.69, 9.17) is 0 Å². The van der Waals surface area contributed by atoms with Crippen molar-refractivity contribution >= 4 is 27.3 Å². The smallest absolute Gasteiger partial charge is 0.0701 e. The van der Waals surface area contributed by atoms with Gasteiger partial charge in [-0.1, -0.05) is 31.2 Å². The van der Waals surface area contributed by atoms with Gasteiger partial charge in [-0.2, -0.15) is 0 Å². The summed E-state index contributed by atoms with van der Waals surface area (Å²) in [5.74, 6) is 0.722. The number of hydrogen-bond donors (Lipinski definition) is 1. The molecule has 1 nitrogen and oxygen atoms in total. The standard InChI is InChI=1S/C17H20BrNS/c1-2-7-19-16(14-10-17(18)20-11-14)9-13-8-12-5-3-4-6-15(12)13/h3-6,10-11,13,16,19H,2,7-9H2,1H3. The molecule has 0 radical (unpaired) electrons. The Morgan fingerprint density at radius 1 is 1.40 bits per heavy atom. The molecule has 0 saturated heterocycles. The fourth-order valence-corrected chi connectivity index (χ4v) is 4.25. The second-order valence-electron chi connectivity index (χ2n) is 5.53. The zero-order chi connectivity index (χ0) is 13.9. The first-order valence-corrected chi connectivity index (χ1v) is 9.00. The zero-order valence-corrected chi connectivity index (χ0v) is 14.1. The van der Waals surface area contributed by atoms with Gasteiger partial charge in [-0.15, -0.1) is 11.3 Å². The minimum absolute atomic E-state index is 0.482. The monoisotopic (exact) mass is 349 g/mol. The summed E-state index contributed by atoms with van der Waals surface area (Å²) in [5, 5.41) is 5.99. The lowest BCUT2D eigenvalue weighted by molar-refractivity contribution is 0.429. The van der Waals surface area contributed by atoms with E-state index in [0.29, 0.717) is 6.04 Å². The largest absolute Gasteiger partial charge is 0.310 e. The summed E-state index contributed by atoms with van der Waals surface area (Å²) in [5.41, 5.74) is 4.53. The molecule has 2 atom stereocenters. The number of benzene rings is 1. The maximum Gasteiger partial charge on any atom is 0.0701 e. The van der Waals surface area contributed by atoms with E-state index in [1.807, 2.05) is 0 Å². The number of nitrogens with one attached hydrogen (secondary N) is 1. The van der Waals surface area contributed by atoms with Crippen molar-refractivity contribution in [1.82, 2.24) is 5.32 Å². The molecule has 0 aliphatic heterocycles.